The van der Waals surface area contributed by atoms with E-state index in [1.807, 2.05) is 66.7 Å². The van der Waals surface area contributed by atoms with Gasteiger partial charge in [-0.05, 0) is 30.3 Å². The van der Waals surface area contributed by atoms with E-state index in [0.717, 1.165) is 22.5 Å². The first kappa shape index (κ1) is 15.1. The average Bonchev–Trinajstić information content (AvgIpc) is 2.60. The number of hydrogen-bond acceptors (Lipinski definition) is 3. The maximum Gasteiger partial charge on any atom is 0.0999 e. The minimum atomic E-state index is 0.623. The fourth-order valence-corrected chi connectivity index (χ4v) is 2.42. The first-order chi connectivity index (χ1) is 11.2. The number of rotatable bonds is 4. The first-order valence-electron chi connectivity index (χ1n) is 7.23. The van der Waals surface area contributed by atoms with E-state index >= 15 is 0 Å². The van der Waals surface area contributed by atoms with Crippen LogP contribution in [-0.2, 0) is 0 Å². The van der Waals surface area contributed by atoms with Gasteiger partial charge in [0.1, 0.15) is 0 Å². The standard InChI is InChI=1S/C19H16ClN3/c20-15-11-12-18(21)17(13-15)19(14-7-3-1-4-8-14)23-22-16-9-5-2-6-10-16/h1-13,22H,21H2. The van der Waals surface area contributed by atoms with Crippen molar-refractivity contribution in [3.05, 3.63) is 95.0 Å². The van der Waals surface area contributed by atoms with Gasteiger partial charge < -0.3 is 5.73 Å². The molecule has 0 aliphatic rings. The Labute approximate surface area is 140 Å². The Kier molecular flexibility index (Phi) is 4.60. The summed E-state index contributed by atoms with van der Waals surface area (Å²) in [4.78, 5) is 0. The highest BCUT2D eigenvalue weighted by atomic mass is 35.5. The lowest BCUT2D eigenvalue weighted by molar-refractivity contribution is 1.32. The van der Waals surface area contributed by atoms with Crippen LogP contribution in [0.2, 0.25) is 5.02 Å². The van der Waals surface area contributed by atoms with Crippen molar-refractivity contribution in [3.8, 4) is 0 Å². The van der Waals surface area contributed by atoms with E-state index in [4.69, 9.17) is 17.3 Å². The van der Waals surface area contributed by atoms with Crippen molar-refractivity contribution < 1.29 is 0 Å². The second-order valence-electron chi connectivity index (χ2n) is 5.04. The van der Waals surface area contributed by atoms with Gasteiger partial charge >= 0.3 is 0 Å². The van der Waals surface area contributed by atoms with Crippen molar-refractivity contribution in [3.63, 3.8) is 0 Å². The summed E-state index contributed by atoms with van der Waals surface area (Å²) in [5, 5.41) is 5.19. The van der Waals surface area contributed by atoms with Gasteiger partial charge in [-0.15, -0.1) is 0 Å². The number of nitrogen functional groups attached to an aromatic ring is 1. The minimum Gasteiger partial charge on any atom is -0.398 e. The van der Waals surface area contributed by atoms with Crippen LogP contribution in [0.5, 0.6) is 0 Å². The van der Waals surface area contributed by atoms with Crippen molar-refractivity contribution in [2.75, 3.05) is 11.2 Å². The molecule has 0 saturated heterocycles. The second kappa shape index (κ2) is 6.99. The molecule has 0 amide bonds. The molecule has 3 N–H and O–H groups in total. The zero-order chi connectivity index (χ0) is 16.1. The van der Waals surface area contributed by atoms with Gasteiger partial charge in [0, 0.05) is 21.8 Å². The molecule has 3 rings (SSSR count). The number of benzene rings is 3. The van der Waals surface area contributed by atoms with Gasteiger partial charge in [0.05, 0.1) is 11.4 Å². The minimum absolute atomic E-state index is 0.623. The van der Waals surface area contributed by atoms with Crippen molar-refractivity contribution >= 4 is 28.7 Å². The van der Waals surface area contributed by atoms with Gasteiger partial charge in [0.2, 0.25) is 0 Å². The molecule has 0 aliphatic heterocycles. The molecule has 0 aromatic heterocycles. The predicted molar refractivity (Wildman–Crippen MR) is 98.0 cm³/mol. The average molecular weight is 322 g/mol. The summed E-state index contributed by atoms with van der Waals surface area (Å²) in [6.45, 7) is 0. The summed E-state index contributed by atoms with van der Waals surface area (Å²) in [6.07, 6.45) is 0. The first-order valence-corrected chi connectivity index (χ1v) is 7.61. The van der Waals surface area contributed by atoms with E-state index in [1.165, 1.54) is 0 Å². The van der Waals surface area contributed by atoms with Crippen molar-refractivity contribution in [2.45, 2.75) is 0 Å². The normalized spacial score (nSPS) is 11.3. The maximum absolute atomic E-state index is 6.13. The van der Waals surface area contributed by atoms with E-state index in [1.54, 1.807) is 12.1 Å². The number of para-hydroxylation sites is 1. The van der Waals surface area contributed by atoms with Crippen LogP contribution in [0.1, 0.15) is 11.1 Å². The fourth-order valence-electron chi connectivity index (χ4n) is 2.24. The molecule has 0 heterocycles. The Morgan fingerprint density at radius 2 is 1.52 bits per heavy atom. The number of hydrogen-bond donors (Lipinski definition) is 2. The molecule has 0 radical (unpaired) electrons. The molecule has 3 nitrogen and oxygen atoms in total. The van der Waals surface area contributed by atoms with Gasteiger partial charge in [-0.2, -0.15) is 5.10 Å². The third-order valence-corrected chi connectivity index (χ3v) is 3.62. The van der Waals surface area contributed by atoms with Crippen LogP contribution in [0.25, 0.3) is 0 Å². The van der Waals surface area contributed by atoms with Gasteiger partial charge in [0.25, 0.3) is 0 Å². The summed E-state index contributed by atoms with van der Waals surface area (Å²) in [7, 11) is 0. The SMILES string of the molecule is Nc1ccc(Cl)cc1C(=NNc1ccccc1)c1ccccc1. The Morgan fingerprint density at radius 1 is 0.870 bits per heavy atom. The highest BCUT2D eigenvalue weighted by molar-refractivity contribution is 6.31. The summed E-state index contributed by atoms with van der Waals surface area (Å²) in [5.74, 6) is 0. The largest absolute Gasteiger partial charge is 0.398 e. The summed E-state index contributed by atoms with van der Waals surface area (Å²) < 4.78 is 0. The zero-order valence-electron chi connectivity index (χ0n) is 12.4. The summed E-state index contributed by atoms with van der Waals surface area (Å²) in [5.41, 5.74) is 13.2. The molecule has 0 atom stereocenters. The molecule has 0 spiro atoms. The van der Waals surface area contributed by atoms with E-state index in [9.17, 15) is 0 Å². The van der Waals surface area contributed by atoms with Crippen molar-refractivity contribution in [1.82, 2.24) is 0 Å². The van der Waals surface area contributed by atoms with Crippen molar-refractivity contribution in [2.24, 2.45) is 5.10 Å². The quantitative estimate of drug-likeness (QED) is 0.412. The van der Waals surface area contributed by atoms with Gasteiger partial charge in [-0.1, -0.05) is 60.1 Å². The lowest BCUT2D eigenvalue weighted by atomic mass is 10.0. The maximum atomic E-state index is 6.13. The lowest BCUT2D eigenvalue weighted by Gasteiger charge is -2.11. The number of anilines is 2. The molecule has 3 aromatic carbocycles. The fraction of sp³-hybridized carbons (Fsp3) is 0. The molecule has 0 aliphatic carbocycles. The van der Waals surface area contributed by atoms with Crippen LogP contribution >= 0.6 is 11.6 Å². The monoisotopic (exact) mass is 321 g/mol. The molecule has 3 aromatic rings. The Balaban J connectivity index is 2.05. The van der Waals surface area contributed by atoms with E-state index in [-0.39, 0.29) is 0 Å². The Morgan fingerprint density at radius 3 is 2.22 bits per heavy atom. The highest BCUT2D eigenvalue weighted by Gasteiger charge is 2.11. The van der Waals surface area contributed by atoms with Crippen LogP contribution in [-0.4, -0.2) is 5.71 Å². The molecule has 0 saturated carbocycles. The number of hydrazone groups is 1. The Bertz CT molecular complexity index is 815. The number of halogens is 1. The topological polar surface area (TPSA) is 50.4 Å². The molecular weight excluding hydrogens is 306 g/mol. The smallest absolute Gasteiger partial charge is 0.0999 e. The highest BCUT2D eigenvalue weighted by Crippen LogP contribution is 2.22. The third-order valence-electron chi connectivity index (χ3n) is 3.39. The van der Waals surface area contributed by atoms with E-state index in [0.29, 0.717) is 10.7 Å². The molecular formula is C19H16ClN3. The molecule has 0 unspecified atom stereocenters. The summed E-state index contributed by atoms with van der Waals surface area (Å²) in [6, 6.07) is 25.0. The zero-order valence-corrected chi connectivity index (χ0v) is 13.2. The Hall–Kier alpha value is -2.78. The predicted octanol–water partition coefficient (Wildman–Crippen LogP) is 4.79. The van der Waals surface area contributed by atoms with Gasteiger partial charge in [-0.25, -0.2) is 0 Å². The van der Waals surface area contributed by atoms with Crippen LogP contribution in [0.3, 0.4) is 0 Å². The number of nitrogens with one attached hydrogen (secondary N) is 1. The number of nitrogens with zero attached hydrogens (tertiary/aromatic N) is 1. The van der Waals surface area contributed by atoms with Crippen LogP contribution < -0.4 is 11.2 Å². The number of nitrogens with two attached hydrogens (primary N) is 1. The second-order valence-corrected chi connectivity index (χ2v) is 5.47. The van der Waals surface area contributed by atoms with Crippen LogP contribution in [0, 0.1) is 0 Å². The van der Waals surface area contributed by atoms with Crippen LogP contribution in [0.4, 0.5) is 11.4 Å². The van der Waals surface area contributed by atoms with E-state index in [2.05, 4.69) is 10.5 Å². The van der Waals surface area contributed by atoms with Crippen molar-refractivity contribution in [1.29, 1.82) is 0 Å². The van der Waals surface area contributed by atoms with Gasteiger partial charge in [-0.3, -0.25) is 5.43 Å². The summed E-state index contributed by atoms with van der Waals surface area (Å²) >= 11 is 6.13. The molecule has 4 heteroatoms. The molecule has 0 bridgehead atoms. The molecule has 114 valence electrons. The molecule has 23 heavy (non-hydrogen) atoms. The van der Waals surface area contributed by atoms with Gasteiger partial charge in [0.15, 0.2) is 0 Å². The van der Waals surface area contributed by atoms with Crippen LogP contribution in [0.15, 0.2) is 84.0 Å². The van der Waals surface area contributed by atoms with E-state index < -0.39 is 0 Å². The third kappa shape index (κ3) is 3.71. The lowest BCUT2D eigenvalue weighted by Crippen LogP contribution is -2.09. The molecule has 0 fully saturated rings.